The van der Waals surface area contributed by atoms with Gasteiger partial charge in [-0.25, -0.2) is 4.85 Å². The number of ether oxygens (including phenoxy) is 2. The molecule has 0 radical (unpaired) electrons. The molecule has 3 rings (SSSR count). The molecule has 0 aliphatic carbocycles. The maximum Gasteiger partial charge on any atom is 0.417 e. The van der Waals surface area contributed by atoms with E-state index in [1.54, 1.807) is 30.0 Å². The molecule has 1 heterocycles. The largest absolute Gasteiger partial charge is 0.417 e. The fourth-order valence-electron chi connectivity index (χ4n) is 3.19. The van der Waals surface area contributed by atoms with Crippen molar-refractivity contribution in [2.24, 2.45) is 0 Å². The fraction of sp³-hybridized carbons (Fsp3) is 0.333. The average Bonchev–Trinajstić information content (AvgIpc) is 3.07. The Balaban J connectivity index is 1.62. The second-order valence-electron chi connectivity index (χ2n) is 6.64. The van der Waals surface area contributed by atoms with Crippen molar-refractivity contribution in [1.82, 2.24) is 0 Å². The first kappa shape index (κ1) is 20.7. The van der Waals surface area contributed by atoms with Gasteiger partial charge >= 0.3 is 6.18 Å². The van der Waals surface area contributed by atoms with Crippen LogP contribution in [0.15, 0.2) is 42.5 Å². The van der Waals surface area contributed by atoms with E-state index in [4.69, 9.17) is 21.3 Å². The summed E-state index contributed by atoms with van der Waals surface area (Å²) >= 11 is 0. The van der Waals surface area contributed by atoms with Crippen LogP contribution in [0.5, 0.6) is 0 Å². The van der Waals surface area contributed by atoms with E-state index in [9.17, 15) is 13.2 Å². The fourth-order valence-corrected chi connectivity index (χ4v) is 3.19. The van der Waals surface area contributed by atoms with Gasteiger partial charge in [-0.2, -0.15) is 18.4 Å². The molecule has 29 heavy (non-hydrogen) atoms. The molecule has 0 unspecified atom stereocenters. The number of nitrogens with zero attached hydrogens (tertiary/aromatic N) is 3. The third kappa shape index (κ3) is 4.86. The molecule has 0 N–H and O–H groups in total. The van der Waals surface area contributed by atoms with Crippen LogP contribution in [-0.4, -0.2) is 25.5 Å². The lowest BCUT2D eigenvalue weighted by Gasteiger charge is -2.23. The van der Waals surface area contributed by atoms with Gasteiger partial charge in [-0.15, -0.1) is 0 Å². The van der Waals surface area contributed by atoms with Crippen molar-refractivity contribution in [3.05, 3.63) is 70.6 Å². The highest BCUT2D eigenvalue weighted by molar-refractivity contribution is 5.55. The molecule has 1 saturated heterocycles. The van der Waals surface area contributed by atoms with Crippen molar-refractivity contribution in [2.75, 3.05) is 18.1 Å². The summed E-state index contributed by atoms with van der Waals surface area (Å²) in [5.41, 5.74) is 0.464. The summed E-state index contributed by atoms with van der Waals surface area (Å²) in [4.78, 5) is 5.05. The topological polar surface area (TPSA) is 49.8 Å². The Morgan fingerprint density at radius 1 is 1.28 bits per heavy atom. The second kappa shape index (κ2) is 8.52. The Bertz CT molecular complexity index is 946. The van der Waals surface area contributed by atoms with E-state index in [2.05, 4.69) is 4.85 Å². The van der Waals surface area contributed by atoms with E-state index in [-0.39, 0.29) is 12.7 Å². The van der Waals surface area contributed by atoms with Crippen molar-refractivity contribution in [1.29, 1.82) is 5.26 Å². The molecule has 2 aromatic carbocycles. The van der Waals surface area contributed by atoms with Crippen LogP contribution in [0.4, 0.5) is 24.5 Å². The van der Waals surface area contributed by atoms with Gasteiger partial charge in [0.15, 0.2) is 5.69 Å². The van der Waals surface area contributed by atoms with Crippen LogP contribution >= 0.6 is 0 Å². The number of anilines is 1. The molecule has 2 aromatic rings. The van der Waals surface area contributed by atoms with Gasteiger partial charge < -0.3 is 14.4 Å². The Labute approximate surface area is 166 Å². The maximum absolute atomic E-state index is 13.2. The van der Waals surface area contributed by atoms with Gasteiger partial charge in [-0.05, 0) is 30.7 Å². The van der Waals surface area contributed by atoms with Crippen LogP contribution in [0.25, 0.3) is 4.85 Å². The molecular formula is C21H18F3N3O2. The quantitative estimate of drug-likeness (QED) is 0.669. The third-order valence-corrected chi connectivity index (χ3v) is 4.63. The van der Waals surface area contributed by atoms with E-state index < -0.39 is 23.5 Å². The lowest BCUT2D eigenvalue weighted by Crippen LogP contribution is -2.28. The smallest absolute Gasteiger partial charge is 0.374 e. The molecule has 2 atom stereocenters. The number of halogens is 3. The highest BCUT2D eigenvalue weighted by atomic mass is 19.4. The molecule has 0 aromatic heterocycles. The molecule has 0 amide bonds. The standard InChI is InChI=1S/C21H18F3N3O2/c1-14-27(18-8-5-16(10-25)20(9-18)21(22,23)24)11-19(29-14)13-28-12-15-3-6-17(26-2)7-4-15/h3-9,14,19H,11-13H2,1H3/t14-,19+/m1/s1. The lowest BCUT2D eigenvalue weighted by atomic mass is 10.1. The molecular weight excluding hydrogens is 383 g/mol. The summed E-state index contributed by atoms with van der Waals surface area (Å²) in [5.74, 6) is 0. The summed E-state index contributed by atoms with van der Waals surface area (Å²) in [7, 11) is 0. The maximum atomic E-state index is 13.2. The average molecular weight is 401 g/mol. The van der Waals surface area contributed by atoms with Crippen LogP contribution in [0.1, 0.15) is 23.6 Å². The number of rotatable bonds is 5. The van der Waals surface area contributed by atoms with Crippen LogP contribution in [-0.2, 0) is 22.3 Å². The van der Waals surface area contributed by atoms with Crippen molar-refractivity contribution in [2.45, 2.75) is 32.0 Å². The Hall–Kier alpha value is -3.07. The van der Waals surface area contributed by atoms with Gasteiger partial charge in [0.1, 0.15) is 12.3 Å². The van der Waals surface area contributed by atoms with Gasteiger partial charge in [0, 0.05) is 12.2 Å². The van der Waals surface area contributed by atoms with Crippen molar-refractivity contribution < 1.29 is 22.6 Å². The van der Waals surface area contributed by atoms with Crippen LogP contribution in [0.3, 0.4) is 0 Å². The second-order valence-corrected chi connectivity index (χ2v) is 6.64. The highest BCUT2D eigenvalue weighted by Gasteiger charge is 2.36. The van der Waals surface area contributed by atoms with E-state index in [1.165, 1.54) is 12.1 Å². The normalized spacial score (nSPS) is 19.0. The first-order valence-corrected chi connectivity index (χ1v) is 8.89. The first-order valence-electron chi connectivity index (χ1n) is 8.89. The monoisotopic (exact) mass is 401 g/mol. The Morgan fingerprint density at radius 3 is 2.62 bits per heavy atom. The van der Waals surface area contributed by atoms with Gasteiger partial charge in [-0.1, -0.05) is 24.3 Å². The zero-order valence-corrected chi connectivity index (χ0v) is 15.6. The molecule has 1 aliphatic rings. The van der Waals surface area contributed by atoms with Crippen molar-refractivity contribution in [3.63, 3.8) is 0 Å². The molecule has 1 aliphatic heterocycles. The molecule has 0 bridgehead atoms. The van der Waals surface area contributed by atoms with Crippen LogP contribution in [0, 0.1) is 17.9 Å². The van der Waals surface area contributed by atoms with E-state index in [0.717, 1.165) is 11.6 Å². The number of alkyl halides is 3. The predicted octanol–water partition coefficient (Wildman–Crippen LogP) is 4.90. The molecule has 1 fully saturated rings. The summed E-state index contributed by atoms with van der Waals surface area (Å²) in [6.45, 7) is 9.71. The molecule has 8 heteroatoms. The van der Waals surface area contributed by atoms with Gasteiger partial charge in [0.05, 0.1) is 37.0 Å². The summed E-state index contributed by atoms with van der Waals surface area (Å²) in [6, 6.07) is 12.3. The summed E-state index contributed by atoms with van der Waals surface area (Å²) in [5, 5.41) is 8.93. The number of nitriles is 1. The first-order chi connectivity index (χ1) is 13.8. The van der Waals surface area contributed by atoms with Crippen molar-refractivity contribution in [3.8, 4) is 6.07 Å². The van der Waals surface area contributed by atoms with Crippen molar-refractivity contribution >= 4 is 11.4 Å². The minimum absolute atomic E-state index is 0.286. The number of benzene rings is 2. The van der Waals surface area contributed by atoms with Gasteiger partial charge in [-0.3, -0.25) is 0 Å². The number of hydrogen-bond acceptors (Lipinski definition) is 4. The van der Waals surface area contributed by atoms with E-state index in [0.29, 0.717) is 24.5 Å². The molecule has 0 saturated carbocycles. The zero-order chi connectivity index (χ0) is 21.0. The molecule has 0 spiro atoms. The van der Waals surface area contributed by atoms with Crippen LogP contribution < -0.4 is 4.90 Å². The SMILES string of the molecule is [C-]#[N+]c1ccc(COC[C@@H]2CN(c3ccc(C#N)c(C(F)(F)F)c3)[C@@H](C)O2)cc1. The Kier molecular flexibility index (Phi) is 6.07. The lowest BCUT2D eigenvalue weighted by molar-refractivity contribution is -0.137. The number of hydrogen-bond donors (Lipinski definition) is 0. The summed E-state index contributed by atoms with van der Waals surface area (Å²) < 4.78 is 51.1. The zero-order valence-electron chi connectivity index (χ0n) is 15.6. The molecule has 5 nitrogen and oxygen atoms in total. The van der Waals surface area contributed by atoms with Crippen LogP contribution in [0.2, 0.25) is 0 Å². The predicted molar refractivity (Wildman–Crippen MR) is 100 cm³/mol. The van der Waals surface area contributed by atoms with E-state index >= 15 is 0 Å². The van der Waals surface area contributed by atoms with Gasteiger partial charge in [0.25, 0.3) is 0 Å². The summed E-state index contributed by atoms with van der Waals surface area (Å²) in [6.07, 6.45) is -5.32. The minimum atomic E-state index is -4.60. The molecule has 150 valence electrons. The third-order valence-electron chi connectivity index (χ3n) is 4.63. The minimum Gasteiger partial charge on any atom is -0.374 e. The Morgan fingerprint density at radius 2 is 2.00 bits per heavy atom. The van der Waals surface area contributed by atoms with E-state index in [1.807, 2.05) is 12.1 Å². The highest BCUT2D eigenvalue weighted by Crippen LogP contribution is 2.36. The van der Waals surface area contributed by atoms with Gasteiger partial charge in [0.2, 0.25) is 0 Å².